The summed E-state index contributed by atoms with van der Waals surface area (Å²) in [6.45, 7) is 14.8. The van der Waals surface area contributed by atoms with E-state index in [1.807, 2.05) is 6.92 Å². The van der Waals surface area contributed by atoms with Crippen molar-refractivity contribution in [3.63, 3.8) is 0 Å². The van der Waals surface area contributed by atoms with E-state index < -0.39 is 31.3 Å². The number of nitro groups is 1. The number of nitrogens with two attached hydrogens (primary N) is 1. The zero-order valence-electron chi connectivity index (χ0n) is 22.2. The minimum atomic E-state index is -2.03. The normalized spacial score (nSPS) is 21.5. The van der Waals surface area contributed by atoms with Crippen LogP contribution in [0.5, 0.6) is 0 Å². The third-order valence-electron chi connectivity index (χ3n) is 7.27. The Hall–Kier alpha value is -2.60. The Balaban J connectivity index is 1.79. The van der Waals surface area contributed by atoms with Crippen molar-refractivity contribution in [3.8, 4) is 0 Å². The molecule has 2 N–H and O–H groups in total. The molecule has 11 heteroatoms. The van der Waals surface area contributed by atoms with E-state index in [9.17, 15) is 14.9 Å². The molecule has 0 saturated carbocycles. The molecule has 4 atom stereocenters. The summed E-state index contributed by atoms with van der Waals surface area (Å²) < 4.78 is 20.2. The van der Waals surface area contributed by atoms with Gasteiger partial charge in [-0.25, -0.2) is 4.79 Å². The number of nitro benzene ring substituents is 1. The van der Waals surface area contributed by atoms with Gasteiger partial charge in [-0.15, -0.1) is 0 Å². The van der Waals surface area contributed by atoms with Gasteiger partial charge < -0.3 is 19.6 Å². The van der Waals surface area contributed by atoms with Crippen LogP contribution >= 0.6 is 0 Å². The number of aromatic nitrogens is 2. The largest absolute Gasteiger partial charge is 0.411 e. The molecular weight excluding hydrogens is 480 g/mol. The summed E-state index contributed by atoms with van der Waals surface area (Å²) >= 11 is 0. The molecule has 1 aromatic carbocycles. The maximum atomic E-state index is 12.7. The fourth-order valence-electron chi connectivity index (χ4n) is 4.05. The van der Waals surface area contributed by atoms with Gasteiger partial charge in [0, 0.05) is 24.2 Å². The number of nitrogens with zero attached hydrogens (tertiary/aromatic N) is 3. The van der Waals surface area contributed by atoms with E-state index in [1.54, 1.807) is 31.3 Å². The first-order valence-electron chi connectivity index (χ1n) is 12.3. The molecular formula is C25H38N4O6Si. The highest BCUT2D eigenvalue weighted by Gasteiger charge is 2.44. The fraction of sp³-hybridized carbons (Fsp3) is 0.600. The summed E-state index contributed by atoms with van der Waals surface area (Å²) in [5, 5.41) is 11.4. The highest BCUT2D eigenvalue weighted by atomic mass is 28.4. The van der Waals surface area contributed by atoms with Crippen LogP contribution in [0.1, 0.15) is 70.9 Å². The molecule has 36 heavy (non-hydrogen) atoms. The number of para-hydroxylation sites is 1. The minimum Gasteiger partial charge on any atom is -0.411 e. The van der Waals surface area contributed by atoms with Crippen molar-refractivity contribution in [1.29, 1.82) is 0 Å². The van der Waals surface area contributed by atoms with Crippen LogP contribution in [0.2, 0.25) is 18.1 Å². The van der Waals surface area contributed by atoms with Crippen LogP contribution in [0.25, 0.3) is 0 Å². The standard InChI is InChI=1S/C25H38N4O6Si/c1-8-20-21(35-36(6,7)25(3,4)5)13-22(34-20)28-14-17(23(26)27-24(28)30)15-33-16(2)18-11-9-10-12-19(18)29(31)32/h9-12,14,16,20-22H,8,13,15H2,1-7H3,(H2,26,27,30)/t16?,20-,21?,22-/m1/s1. The molecule has 10 nitrogen and oxygen atoms in total. The van der Waals surface area contributed by atoms with E-state index in [0.717, 1.165) is 6.42 Å². The monoisotopic (exact) mass is 518 g/mol. The predicted molar refractivity (Wildman–Crippen MR) is 140 cm³/mol. The molecule has 1 aliphatic heterocycles. The second-order valence-electron chi connectivity index (χ2n) is 10.8. The number of anilines is 1. The van der Waals surface area contributed by atoms with Gasteiger partial charge in [0.05, 0.1) is 35.4 Å². The summed E-state index contributed by atoms with van der Waals surface area (Å²) in [7, 11) is -2.03. The van der Waals surface area contributed by atoms with Crippen molar-refractivity contribution in [3.05, 3.63) is 62.2 Å². The molecule has 3 rings (SSSR count). The first-order valence-corrected chi connectivity index (χ1v) is 15.2. The van der Waals surface area contributed by atoms with Gasteiger partial charge in [-0.3, -0.25) is 14.7 Å². The molecule has 0 radical (unpaired) electrons. The average Bonchev–Trinajstić information content (AvgIpc) is 3.19. The van der Waals surface area contributed by atoms with Crippen LogP contribution in [0.15, 0.2) is 35.3 Å². The molecule has 1 aliphatic rings. The van der Waals surface area contributed by atoms with Crippen LogP contribution < -0.4 is 11.4 Å². The summed E-state index contributed by atoms with van der Waals surface area (Å²) in [6.07, 6.45) is 1.55. The molecule has 0 bridgehead atoms. The van der Waals surface area contributed by atoms with Gasteiger partial charge in [-0.05, 0) is 37.5 Å². The third kappa shape index (κ3) is 6.02. The maximum Gasteiger partial charge on any atom is 0.351 e. The Bertz CT molecular complexity index is 1150. The number of benzene rings is 1. The van der Waals surface area contributed by atoms with Crippen molar-refractivity contribution in [2.75, 3.05) is 5.73 Å². The summed E-state index contributed by atoms with van der Waals surface area (Å²) in [4.78, 5) is 27.7. The lowest BCUT2D eigenvalue weighted by Crippen LogP contribution is -2.45. The van der Waals surface area contributed by atoms with Crippen molar-refractivity contribution in [1.82, 2.24) is 9.55 Å². The zero-order chi connectivity index (χ0) is 26.8. The lowest BCUT2D eigenvalue weighted by Gasteiger charge is -2.39. The molecule has 0 aliphatic carbocycles. The van der Waals surface area contributed by atoms with Gasteiger partial charge in [-0.2, -0.15) is 4.98 Å². The smallest absolute Gasteiger partial charge is 0.351 e. The molecule has 2 unspecified atom stereocenters. The van der Waals surface area contributed by atoms with E-state index in [4.69, 9.17) is 19.6 Å². The zero-order valence-corrected chi connectivity index (χ0v) is 23.2. The molecule has 1 saturated heterocycles. The lowest BCUT2D eigenvalue weighted by molar-refractivity contribution is -0.386. The van der Waals surface area contributed by atoms with E-state index in [2.05, 4.69) is 38.8 Å². The number of nitrogen functional groups attached to an aromatic ring is 1. The second kappa shape index (κ2) is 10.8. The van der Waals surface area contributed by atoms with Gasteiger partial charge in [0.2, 0.25) is 0 Å². The van der Waals surface area contributed by atoms with Gasteiger partial charge in [0.1, 0.15) is 12.0 Å². The van der Waals surface area contributed by atoms with Crippen molar-refractivity contribution in [2.24, 2.45) is 0 Å². The van der Waals surface area contributed by atoms with Crippen LogP contribution in [-0.4, -0.2) is 35.0 Å². The number of hydrogen-bond acceptors (Lipinski definition) is 8. The SMILES string of the molecule is CC[C@H]1O[C@@H](n2cc(COC(C)c3ccccc3[N+](=O)[O-])c(N)nc2=O)CC1O[Si](C)(C)C(C)(C)C. The molecule has 1 fully saturated rings. The van der Waals surface area contributed by atoms with Gasteiger partial charge >= 0.3 is 5.69 Å². The van der Waals surface area contributed by atoms with Crippen LogP contribution in [0, 0.1) is 10.1 Å². The molecule has 0 spiro atoms. The van der Waals surface area contributed by atoms with Crippen LogP contribution in [0.3, 0.4) is 0 Å². The van der Waals surface area contributed by atoms with Gasteiger partial charge in [0.15, 0.2) is 8.32 Å². The summed E-state index contributed by atoms with van der Waals surface area (Å²) in [5.41, 5.74) is 6.47. The number of hydrogen-bond donors (Lipinski definition) is 1. The van der Waals surface area contributed by atoms with E-state index in [0.29, 0.717) is 17.5 Å². The topological polar surface area (TPSA) is 132 Å². The van der Waals surface area contributed by atoms with E-state index >= 15 is 0 Å². The first kappa shape index (κ1) is 28.0. The van der Waals surface area contributed by atoms with Gasteiger partial charge in [0.25, 0.3) is 5.69 Å². The van der Waals surface area contributed by atoms with E-state index in [-0.39, 0.29) is 35.4 Å². The predicted octanol–water partition coefficient (Wildman–Crippen LogP) is 5.10. The first-order chi connectivity index (χ1) is 16.7. The Morgan fingerprint density at radius 3 is 2.61 bits per heavy atom. The Kier molecular flexibility index (Phi) is 8.39. The Morgan fingerprint density at radius 1 is 1.33 bits per heavy atom. The molecule has 0 amide bonds. The highest BCUT2D eigenvalue weighted by Crippen LogP contribution is 2.41. The summed E-state index contributed by atoms with van der Waals surface area (Å²) in [5.74, 6) is 0.0603. The minimum absolute atomic E-state index is 0.0150. The maximum absolute atomic E-state index is 12.7. The fourth-order valence-corrected chi connectivity index (χ4v) is 5.41. The second-order valence-corrected chi connectivity index (χ2v) is 15.6. The van der Waals surface area contributed by atoms with Crippen molar-refractivity contribution in [2.45, 2.75) is 96.7 Å². The van der Waals surface area contributed by atoms with E-state index in [1.165, 1.54) is 10.6 Å². The lowest BCUT2D eigenvalue weighted by atomic mass is 10.1. The quantitative estimate of drug-likeness (QED) is 0.275. The average molecular weight is 519 g/mol. The molecule has 1 aromatic heterocycles. The van der Waals surface area contributed by atoms with Crippen LogP contribution in [0.4, 0.5) is 11.5 Å². The highest BCUT2D eigenvalue weighted by molar-refractivity contribution is 6.74. The molecule has 198 valence electrons. The Morgan fingerprint density at radius 2 is 2.00 bits per heavy atom. The van der Waals surface area contributed by atoms with Gasteiger partial charge in [-0.1, -0.05) is 39.8 Å². The van der Waals surface area contributed by atoms with Crippen molar-refractivity contribution >= 4 is 19.8 Å². The Labute approximate surface area is 213 Å². The van der Waals surface area contributed by atoms with Crippen molar-refractivity contribution < 1.29 is 18.8 Å². The molecule has 2 aromatic rings. The number of ether oxygens (including phenoxy) is 2. The van der Waals surface area contributed by atoms with Crippen LogP contribution in [-0.2, 0) is 20.5 Å². The third-order valence-corrected chi connectivity index (χ3v) is 11.8. The number of rotatable bonds is 9. The summed E-state index contributed by atoms with van der Waals surface area (Å²) in [6, 6.07) is 6.43. The molecule has 2 heterocycles.